The highest BCUT2D eigenvalue weighted by Crippen LogP contribution is 2.19. The van der Waals surface area contributed by atoms with Crippen molar-refractivity contribution in [2.75, 3.05) is 0 Å². The zero-order valence-corrected chi connectivity index (χ0v) is 7.95. The molecule has 78 valence electrons. The number of hydrogen-bond donors (Lipinski definition) is 0. The first-order chi connectivity index (χ1) is 6.44. The van der Waals surface area contributed by atoms with Crippen LogP contribution < -0.4 is 0 Å². The smallest absolute Gasteiger partial charge is 0.316 e. The fourth-order valence-electron chi connectivity index (χ4n) is 0.999. The third kappa shape index (κ3) is 2.56. The van der Waals surface area contributed by atoms with Gasteiger partial charge < -0.3 is 8.37 Å². The van der Waals surface area contributed by atoms with Crippen LogP contribution in [-0.2, 0) is 28.4 Å². The largest absolute Gasteiger partial charge is 0.506 e. The lowest BCUT2D eigenvalue weighted by Gasteiger charge is -2.04. The maximum atomic E-state index is 11.1. The number of carbonyl (C=O) groups excluding carboxylic acids is 2. The van der Waals surface area contributed by atoms with Crippen LogP contribution in [0.25, 0.3) is 0 Å². The molecule has 0 radical (unpaired) electrons. The normalized spacial score (nSPS) is 25.9. The van der Waals surface area contributed by atoms with Crippen molar-refractivity contribution in [2.24, 2.45) is 5.92 Å². The van der Waals surface area contributed by atoms with Crippen LogP contribution in [0.15, 0.2) is 12.7 Å². The summed E-state index contributed by atoms with van der Waals surface area (Å²) in [6, 6.07) is 0. The fraction of sp³-hybridized carbons (Fsp3) is 0.429. The molecule has 0 amide bonds. The molecule has 1 aliphatic heterocycles. The molecule has 1 aliphatic rings. The van der Waals surface area contributed by atoms with Crippen molar-refractivity contribution >= 4 is 22.3 Å². The van der Waals surface area contributed by atoms with Crippen molar-refractivity contribution in [3.63, 3.8) is 0 Å². The molecule has 1 heterocycles. The van der Waals surface area contributed by atoms with Gasteiger partial charge in [-0.05, 0) is 6.42 Å². The molecule has 0 aromatic heterocycles. The Labute approximate surface area is 80.8 Å². The summed E-state index contributed by atoms with van der Waals surface area (Å²) in [5.74, 6) is -2.82. The molecule has 14 heavy (non-hydrogen) atoms. The van der Waals surface area contributed by atoms with Crippen LogP contribution in [0.2, 0.25) is 0 Å². The Morgan fingerprint density at radius 2 is 2.07 bits per heavy atom. The Morgan fingerprint density at radius 1 is 1.43 bits per heavy atom. The third-order valence-electron chi connectivity index (χ3n) is 1.58. The van der Waals surface area contributed by atoms with Gasteiger partial charge in [-0.15, -0.1) is 15.0 Å². The number of rotatable bonds is 2. The van der Waals surface area contributed by atoms with Crippen LogP contribution in [0.3, 0.4) is 0 Å². The van der Waals surface area contributed by atoms with E-state index in [2.05, 4.69) is 14.9 Å². The standard InChI is InChI=1S/C7H8O6S/c1-2-3-5-4-6(8)12-14(10,11)13-7(5)9/h2,5H,1,3-4H2. The summed E-state index contributed by atoms with van der Waals surface area (Å²) in [5.41, 5.74) is 0. The maximum Gasteiger partial charge on any atom is 0.506 e. The predicted molar refractivity (Wildman–Crippen MR) is 44.0 cm³/mol. The van der Waals surface area contributed by atoms with Gasteiger partial charge in [0, 0.05) is 0 Å². The summed E-state index contributed by atoms with van der Waals surface area (Å²) < 4.78 is 29.3. The zero-order chi connectivity index (χ0) is 10.8. The van der Waals surface area contributed by atoms with Crippen molar-refractivity contribution in [1.29, 1.82) is 0 Å². The first-order valence-electron chi connectivity index (χ1n) is 3.76. The minimum atomic E-state index is -4.50. The second-order valence-electron chi connectivity index (χ2n) is 2.69. The van der Waals surface area contributed by atoms with Gasteiger partial charge in [-0.2, -0.15) is 0 Å². The molecule has 1 atom stereocenters. The van der Waals surface area contributed by atoms with Crippen LogP contribution in [0.1, 0.15) is 12.8 Å². The Bertz CT molecular complexity index is 368. The second kappa shape index (κ2) is 3.79. The van der Waals surface area contributed by atoms with Crippen LogP contribution in [0.5, 0.6) is 0 Å². The SMILES string of the molecule is C=CCC1CC(=O)OS(=O)(=O)OC1=O. The second-order valence-corrected chi connectivity index (χ2v) is 3.84. The fourth-order valence-corrected chi connectivity index (χ4v) is 1.67. The molecule has 1 rings (SSSR count). The van der Waals surface area contributed by atoms with Crippen molar-refractivity contribution in [3.05, 3.63) is 12.7 Å². The van der Waals surface area contributed by atoms with Gasteiger partial charge in [-0.25, -0.2) is 0 Å². The summed E-state index contributed by atoms with van der Waals surface area (Å²) in [4.78, 5) is 21.9. The van der Waals surface area contributed by atoms with Gasteiger partial charge in [0.1, 0.15) is 0 Å². The highest BCUT2D eigenvalue weighted by atomic mass is 32.3. The van der Waals surface area contributed by atoms with Gasteiger partial charge in [0.05, 0.1) is 12.3 Å². The van der Waals surface area contributed by atoms with E-state index in [1.54, 1.807) is 0 Å². The zero-order valence-electron chi connectivity index (χ0n) is 7.13. The first kappa shape index (κ1) is 10.7. The van der Waals surface area contributed by atoms with E-state index in [1.807, 2.05) is 0 Å². The van der Waals surface area contributed by atoms with Crippen molar-refractivity contribution in [2.45, 2.75) is 12.8 Å². The molecule has 7 heteroatoms. The van der Waals surface area contributed by atoms with E-state index in [4.69, 9.17) is 0 Å². The van der Waals surface area contributed by atoms with Crippen LogP contribution in [-0.4, -0.2) is 20.4 Å². The first-order valence-corrected chi connectivity index (χ1v) is 5.09. The van der Waals surface area contributed by atoms with Crippen molar-refractivity contribution in [1.82, 2.24) is 0 Å². The molecule has 0 aromatic rings. The van der Waals surface area contributed by atoms with E-state index >= 15 is 0 Å². The van der Waals surface area contributed by atoms with Gasteiger partial charge in [0.15, 0.2) is 0 Å². The van der Waals surface area contributed by atoms with E-state index in [-0.39, 0.29) is 12.8 Å². The van der Waals surface area contributed by atoms with Gasteiger partial charge >= 0.3 is 22.3 Å². The predicted octanol–water partition coefficient (Wildman–Crippen LogP) is -0.0864. The molecule has 0 spiro atoms. The van der Waals surface area contributed by atoms with Gasteiger partial charge in [-0.1, -0.05) is 6.08 Å². The summed E-state index contributed by atoms with van der Waals surface area (Å²) >= 11 is 0. The molecule has 0 saturated carbocycles. The van der Waals surface area contributed by atoms with E-state index in [9.17, 15) is 18.0 Å². The highest BCUT2D eigenvalue weighted by molar-refractivity contribution is 7.82. The third-order valence-corrected chi connectivity index (χ3v) is 2.34. The molecular formula is C7H8O6S. The lowest BCUT2D eigenvalue weighted by molar-refractivity contribution is -0.140. The minimum Gasteiger partial charge on any atom is -0.316 e. The topological polar surface area (TPSA) is 86.7 Å². The summed E-state index contributed by atoms with van der Waals surface area (Å²) in [6.45, 7) is 3.37. The Morgan fingerprint density at radius 3 is 2.64 bits per heavy atom. The Kier molecular flexibility index (Phi) is 2.90. The number of hydrogen-bond acceptors (Lipinski definition) is 6. The average molecular weight is 220 g/mol. The molecule has 6 nitrogen and oxygen atoms in total. The highest BCUT2D eigenvalue weighted by Gasteiger charge is 2.35. The van der Waals surface area contributed by atoms with E-state index in [0.717, 1.165) is 0 Å². The van der Waals surface area contributed by atoms with Gasteiger partial charge in [0.2, 0.25) is 0 Å². The average Bonchev–Trinajstić information content (AvgIpc) is 2.08. The summed E-state index contributed by atoms with van der Waals surface area (Å²) in [6.07, 6.45) is 1.25. The van der Waals surface area contributed by atoms with E-state index < -0.39 is 28.3 Å². The maximum absolute atomic E-state index is 11.1. The number of carbonyl (C=O) groups is 2. The Hall–Kier alpha value is -1.37. The van der Waals surface area contributed by atoms with E-state index in [1.165, 1.54) is 6.08 Å². The Balaban J connectivity index is 2.90. The lowest BCUT2D eigenvalue weighted by atomic mass is 10.0. The van der Waals surface area contributed by atoms with Crippen LogP contribution >= 0.6 is 0 Å². The lowest BCUT2D eigenvalue weighted by Crippen LogP contribution is -2.17. The quantitative estimate of drug-likeness (QED) is 0.604. The van der Waals surface area contributed by atoms with Crippen molar-refractivity contribution in [3.8, 4) is 0 Å². The van der Waals surface area contributed by atoms with Gasteiger partial charge in [-0.3, -0.25) is 9.59 Å². The molecule has 0 aliphatic carbocycles. The molecule has 0 aromatic carbocycles. The van der Waals surface area contributed by atoms with Crippen molar-refractivity contribution < 1.29 is 26.4 Å². The molecule has 0 bridgehead atoms. The summed E-state index contributed by atoms with van der Waals surface area (Å²) in [5, 5.41) is 0. The van der Waals surface area contributed by atoms with Crippen LogP contribution in [0, 0.1) is 5.92 Å². The van der Waals surface area contributed by atoms with E-state index in [0.29, 0.717) is 0 Å². The molecular weight excluding hydrogens is 212 g/mol. The minimum absolute atomic E-state index is 0.170. The summed E-state index contributed by atoms with van der Waals surface area (Å²) in [7, 11) is -4.50. The molecule has 1 fully saturated rings. The molecule has 1 unspecified atom stereocenters. The molecule has 1 saturated heterocycles. The molecule has 0 N–H and O–H groups in total. The number of allylic oxidation sites excluding steroid dienone is 1. The monoisotopic (exact) mass is 220 g/mol. The van der Waals surface area contributed by atoms with Gasteiger partial charge in [0.25, 0.3) is 0 Å². The van der Waals surface area contributed by atoms with Crippen LogP contribution in [0.4, 0.5) is 0 Å².